The molecule has 0 radical (unpaired) electrons. The van der Waals surface area contributed by atoms with Gasteiger partial charge in [-0.2, -0.15) is 13.2 Å². The molecule has 21 heavy (non-hydrogen) atoms. The molecule has 0 fully saturated rings. The van der Waals surface area contributed by atoms with Gasteiger partial charge in [0.1, 0.15) is 6.54 Å². The summed E-state index contributed by atoms with van der Waals surface area (Å²) in [4.78, 5) is 23.0. The number of amides is 1. The van der Waals surface area contributed by atoms with E-state index >= 15 is 0 Å². The second-order valence-corrected chi connectivity index (χ2v) is 5.69. The van der Waals surface area contributed by atoms with Gasteiger partial charge in [0.2, 0.25) is 0 Å². The quantitative estimate of drug-likeness (QED) is 0.608. The van der Waals surface area contributed by atoms with Crippen LogP contribution in [0, 0.1) is 3.57 Å². The van der Waals surface area contributed by atoms with Crippen molar-refractivity contribution in [1.29, 1.82) is 0 Å². The third-order valence-corrected chi connectivity index (χ3v) is 2.87. The Labute approximate surface area is 133 Å². The molecule has 116 valence electrons. The van der Waals surface area contributed by atoms with E-state index in [-0.39, 0.29) is 15.2 Å². The lowest BCUT2D eigenvalue weighted by atomic mass is 10.1. The SMILES string of the molecule is CC(C)OC(=O)CNC(=O)c1cc(I)cc(C(F)(F)F)c1. The molecule has 0 atom stereocenters. The van der Waals surface area contributed by atoms with Gasteiger partial charge in [0.05, 0.1) is 11.7 Å². The first-order valence-corrected chi connectivity index (χ1v) is 7.03. The zero-order valence-electron chi connectivity index (χ0n) is 11.3. The first-order valence-electron chi connectivity index (χ1n) is 5.95. The maximum Gasteiger partial charge on any atom is 0.416 e. The number of hydrogen-bond acceptors (Lipinski definition) is 3. The summed E-state index contributed by atoms with van der Waals surface area (Å²) >= 11 is 1.69. The van der Waals surface area contributed by atoms with E-state index < -0.39 is 30.2 Å². The highest BCUT2D eigenvalue weighted by atomic mass is 127. The number of hydrogen-bond donors (Lipinski definition) is 1. The molecular weight excluding hydrogens is 402 g/mol. The molecule has 0 heterocycles. The lowest BCUT2D eigenvalue weighted by molar-refractivity contribution is -0.146. The number of halogens is 4. The fraction of sp³-hybridized carbons (Fsp3) is 0.385. The Hall–Kier alpha value is -1.32. The summed E-state index contributed by atoms with van der Waals surface area (Å²) in [5.74, 6) is -1.42. The molecule has 0 aliphatic heterocycles. The predicted octanol–water partition coefficient (Wildman–Crippen LogP) is 2.99. The highest BCUT2D eigenvalue weighted by Crippen LogP contribution is 2.31. The molecule has 1 aromatic rings. The Morgan fingerprint density at radius 2 is 1.90 bits per heavy atom. The van der Waals surface area contributed by atoms with Crippen molar-refractivity contribution >= 4 is 34.5 Å². The highest BCUT2D eigenvalue weighted by Gasteiger charge is 2.31. The van der Waals surface area contributed by atoms with E-state index in [1.165, 1.54) is 6.07 Å². The minimum Gasteiger partial charge on any atom is -0.462 e. The molecular formula is C13H13F3INO3. The molecule has 0 saturated heterocycles. The summed E-state index contributed by atoms with van der Waals surface area (Å²) in [6, 6.07) is 2.98. The molecule has 0 aliphatic carbocycles. The van der Waals surface area contributed by atoms with Crippen LogP contribution in [0.15, 0.2) is 18.2 Å². The molecule has 0 saturated carbocycles. The molecule has 0 unspecified atom stereocenters. The molecule has 0 aromatic heterocycles. The van der Waals surface area contributed by atoms with Crippen LogP contribution in [-0.4, -0.2) is 24.5 Å². The van der Waals surface area contributed by atoms with E-state index in [2.05, 4.69) is 5.32 Å². The third kappa shape index (κ3) is 5.90. The van der Waals surface area contributed by atoms with Crippen molar-refractivity contribution in [1.82, 2.24) is 5.32 Å². The summed E-state index contributed by atoms with van der Waals surface area (Å²) in [5, 5.41) is 2.23. The number of ether oxygens (including phenoxy) is 1. The van der Waals surface area contributed by atoms with Gasteiger partial charge in [-0.25, -0.2) is 0 Å². The average molecular weight is 415 g/mol. The second kappa shape index (κ2) is 7.10. The standard InChI is InChI=1S/C13H13F3INO3/c1-7(2)21-11(19)6-18-12(20)8-3-9(13(14,15)16)5-10(17)4-8/h3-5,7H,6H2,1-2H3,(H,18,20). The van der Waals surface area contributed by atoms with Crippen LogP contribution in [0.2, 0.25) is 0 Å². The summed E-state index contributed by atoms with van der Waals surface area (Å²) in [5.41, 5.74) is -1.07. The Balaban J connectivity index is 2.79. The van der Waals surface area contributed by atoms with Crippen molar-refractivity contribution in [2.24, 2.45) is 0 Å². The molecule has 1 aromatic carbocycles. The first-order chi connectivity index (χ1) is 9.59. The third-order valence-electron chi connectivity index (χ3n) is 2.25. The van der Waals surface area contributed by atoms with Crippen molar-refractivity contribution in [3.05, 3.63) is 32.9 Å². The van der Waals surface area contributed by atoms with Gasteiger partial charge >= 0.3 is 12.1 Å². The first kappa shape index (κ1) is 17.7. The zero-order valence-corrected chi connectivity index (χ0v) is 13.4. The van der Waals surface area contributed by atoms with Crippen LogP contribution in [0.3, 0.4) is 0 Å². The van der Waals surface area contributed by atoms with Gasteiger partial charge in [-0.05, 0) is 54.6 Å². The molecule has 4 nitrogen and oxygen atoms in total. The van der Waals surface area contributed by atoms with E-state index in [1.807, 2.05) is 0 Å². The number of benzene rings is 1. The highest BCUT2D eigenvalue weighted by molar-refractivity contribution is 14.1. The molecule has 0 spiro atoms. The van der Waals surface area contributed by atoms with Crippen LogP contribution < -0.4 is 5.32 Å². The summed E-state index contributed by atoms with van der Waals surface area (Å²) in [7, 11) is 0. The van der Waals surface area contributed by atoms with E-state index in [0.717, 1.165) is 12.1 Å². The Morgan fingerprint density at radius 1 is 1.29 bits per heavy atom. The van der Waals surface area contributed by atoms with Gasteiger partial charge in [0.25, 0.3) is 5.91 Å². The molecule has 1 amide bonds. The molecule has 0 aliphatic rings. The average Bonchev–Trinajstić information content (AvgIpc) is 2.33. The summed E-state index contributed by atoms with van der Waals surface area (Å²) < 4.78 is 43.1. The van der Waals surface area contributed by atoms with Gasteiger partial charge in [-0.3, -0.25) is 9.59 Å². The fourth-order valence-corrected chi connectivity index (χ4v) is 2.11. The van der Waals surface area contributed by atoms with Gasteiger partial charge in [-0.15, -0.1) is 0 Å². The minimum atomic E-state index is -4.53. The van der Waals surface area contributed by atoms with E-state index in [0.29, 0.717) is 0 Å². The Morgan fingerprint density at radius 3 is 2.43 bits per heavy atom. The van der Waals surface area contributed by atoms with Gasteiger partial charge < -0.3 is 10.1 Å². The largest absolute Gasteiger partial charge is 0.462 e. The monoisotopic (exact) mass is 415 g/mol. The van der Waals surface area contributed by atoms with Crippen molar-refractivity contribution in [3.63, 3.8) is 0 Å². The Bertz CT molecular complexity index is 544. The smallest absolute Gasteiger partial charge is 0.416 e. The second-order valence-electron chi connectivity index (χ2n) is 4.45. The number of esters is 1. The van der Waals surface area contributed by atoms with Crippen molar-refractivity contribution < 1.29 is 27.5 Å². The van der Waals surface area contributed by atoms with Crippen LogP contribution >= 0.6 is 22.6 Å². The van der Waals surface area contributed by atoms with E-state index in [4.69, 9.17) is 4.74 Å². The summed E-state index contributed by atoms with van der Waals surface area (Å²) in [6.45, 7) is 2.90. The number of carbonyl (C=O) groups excluding carboxylic acids is 2. The predicted molar refractivity (Wildman–Crippen MR) is 77.7 cm³/mol. The number of nitrogens with one attached hydrogen (secondary N) is 1. The van der Waals surface area contributed by atoms with Crippen LogP contribution in [0.1, 0.15) is 29.8 Å². The lowest BCUT2D eigenvalue weighted by Gasteiger charge is -2.11. The van der Waals surface area contributed by atoms with Gasteiger partial charge in [-0.1, -0.05) is 0 Å². The van der Waals surface area contributed by atoms with Crippen LogP contribution in [0.4, 0.5) is 13.2 Å². The minimum absolute atomic E-state index is 0.161. The van der Waals surface area contributed by atoms with Gasteiger partial charge in [0.15, 0.2) is 0 Å². The number of alkyl halides is 3. The molecule has 8 heteroatoms. The van der Waals surface area contributed by atoms with Crippen LogP contribution in [-0.2, 0) is 15.7 Å². The van der Waals surface area contributed by atoms with Crippen molar-refractivity contribution in [3.8, 4) is 0 Å². The maximum atomic E-state index is 12.7. The van der Waals surface area contributed by atoms with E-state index in [9.17, 15) is 22.8 Å². The van der Waals surface area contributed by atoms with Crippen molar-refractivity contribution in [2.75, 3.05) is 6.54 Å². The lowest BCUT2D eigenvalue weighted by Crippen LogP contribution is -2.31. The molecule has 1 rings (SSSR count). The van der Waals surface area contributed by atoms with Crippen LogP contribution in [0.25, 0.3) is 0 Å². The fourth-order valence-electron chi connectivity index (χ4n) is 1.44. The Kier molecular flexibility index (Phi) is 5.99. The van der Waals surface area contributed by atoms with Crippen molar-refractivity contribution in [2.45, 2.75) is 26.1 Å². The van der Waals surface area contributed by atoms with E-state index in [1.54, 1.807) is 36.4 Å². The molecule has 1 N–H and O–H groups in total. The van der Waals surface area contributed by atoms with Crippen LogP contribution in [0.5, 0.6) is 0 Å². The summed E-state index contributed by atoms with van der Waals surface area (Å²) in [6.07, 6.45) is -4.86. The maximum absolute atomic E-state index is 12.7. The topological polar surface area (TPSA) is 55.4 Å². The molecule has 0 bridgehead atoms. The number of rotatable bonds is 4. The zero-order chi connectivity index (χ0) is 16.2. The normalized spacial score (nSPS) is 11.4. The van der Waals surface area contributed by atoms with Gasteiger partial charge in [0, 0.05) is 9.13 Å². The number of carbonyl (C=O) groups is 2.